The van der Waals surface area contributed by atoms with Crippen molar-refractivity contribution < 1.29 is 0 Å². The molecule has 1 aromatic rings. The summed E-state index contributed by atoms with van der Waals surface area (Å²) in [5.41, 5.74) is 0. The molecular formula is C8H17N3. The summed E-state index contributed by atoms with van der Waals surface area (Å²) in [5, 5.41) is 4.09. The van der Waals surface area contributed by atoms with E-state index in [0.29, 0.717) is 0 Å². The van der Waals surface area contributed by atoms with E-state index in [-0.39, 0.29) is 0 Å². The van der Waals surface area contributed by atoms with Crippen LogP contribution in [0.15, 0.2) is 0 Å². The minimum Gasteiger partial charge on any atom is -0.253 e. The summed E-state index contributed by atoms with van der Waals surface area (Å²) in [6.07, 6.45) is 0.956. The Balaban J connectivity index is 0.000000461. The Morgan fingerprint density at radius 3 is 2.09 bits per heavy atom. The van der Waals surface area contributed by atoms with Crippen LogP contribution in [0.1, 0.15) is 32.4 Å². The predicted octanol–water partition coefficient (Wildman–Crippen LogP) is 1.71. The van der Waals surface area contributed by atoms with Gasteiger partial charge in [0.1, 0.15) is 11.6 Å². The maximum atomic E-state index is 4.18. The van der Waals surface area contributed by atoms with Gasteiger partial charge >= 0.3 is 0 Å². The highest BCUT2D eigenvalue weighted by Crippen LogP contribution is 1.94. The highest BCUT2D eigenvalue weighted by Gasteiger charge is 1.97. The van der Waals surface area contributed by atoms with E-state index in [9.17, 15) is 0 Å². The van der Waals surface area contributed by atoms with Crippen LogP contribution in [-0.2, 0) is 13.5 Å². The SMILES string of the molecule is CC.CCc1nc(C)nn1C. The van der Waals surface area contributed by atoms with E-state index >= 15 is 0 Å². The smallest absolute Gasteiger partial charge is 0.147 e. The van der Waals surface area contributed by atoms with Crippen molar-refractivity contribution in [3.05, 3.63) is 11.6 Å². The fraction of sp³-hybridized carbons (Fsp3) is 0.750. The second-order valence-corrected chi connectivity index (χ2v) is 2.05. The van der Waals surface area contributed by atoms with Crippen LogP contribution in [0.2, 0.25) is 0 Å². The van der Waals surface area contributed by atoms with Gasteiger partial charge in [-0.25, -0.2) is 4.98 Å². The normalized spacial score (nSPS) is 8.82. The minimum absolute atomic E-state index is 0.856. The van der Waals surface area contributed by atoms with Crippen molar-refractivity contribution in [3.63, 3.8) is 0 Å². The van der Waals surface area contributed by atoms with Crippen molar-refractivity contribution in [1.82, 2.24) is 14.8 Å². The molecule has 0 fully saturated rings. The lowest BCUT2D eigenvalue weighted by Crippen LogP contribution is -1.96. The van der Waals surface area contributed by atoms with Crippen molar-refractivity contribution in [1.29, 1.82) is 0 Å². The molecule has 1 rings (SSSR count). The van der Waals surface area contributed by atoms with Gasteiger partial charge in [0.05, 0.1) is 0 Å². The molecule has 0 aromatic carbocycles. The molecule has 1 heterocycles. The molecule has 0 aliphatic heterocycles. The molecule has 0 bridgehead atoms. The average Bonchev–Trinajstić information content (AvgIpc) is 2.33. The standard InChI is InChI=1S/C6H11N3.C2H6/c1-4-6-7-5(2)8-9(6)3;1-2/h4H2,1-3H3;1-2H3. The first-order chi connectivity index (χ1) is 5.24. The number of aryl methyl sites for hydroxylation is 3. The Kier molecular flexibility index (Phi) is 4.50. The topological polar surface area (TPSA) is 30.7 Å². The van der Waals surface area contributed by atoms with Crippen LogP contribution in [0.3, 0.4) is 0 Å². The summed E-state index contributed by atoms with van der Waals surface area (Å²) in [6.45, 7) is 7.97. The quantitative estimate of drug-likeness (QED) is 0.618. The summed E-state index contributed by atoms with van der Waals surface area (Å²) in [4.78, 5) is 4.18. The Bertz CT molecular complexity index is 203. The summed E-state index contributed by atoms with van der Waals surface area (Å²) in [6, 6.07) is 0. The average molecular weight is 155 g/mol. The lowest BCUT2D eigenvalue weighted by molar-refractivity contribution is 0.705. The third kappa shape index (κ3) is 2.70. The molecule has 0 unspecified atom stereocenters. The van der Waals surface area contributed by atoms with Gasteiger partial charge in [0.2, 0.25) is 0 Å². The predicted molar refractivity (Wildman–Crippen MR) is 46.5 cm³/mol. The highest BCUT2D eigenvalue weighted by molar-refractivity contribution is 4.88. The van der Waals surface area contributed by atoms with E-state index in [1.807, 2.05) is 32.5 Å². The first-order valence-corrected chi connectivity index (χ1v) is 4.10. The maximum absolute atomic E-state index is 4.18. The van der Waals surface area contributed by atoms with E-state index in [0.717, 1.165) is 18.1 Å². The molecule has 64 valence electrons. The van der Waals surface area contributed by atoms with Gasteiger partial charge in [-0.2, -0.15) is 5.10 Å². The fourth-order valence-electron chi connectivity index (χ4n) is 0.864. The van der Waals surface area contributed by atoms with Crippen LogP contribution in [0.25, 0.3) is 0 Å². The molecule has 0 atom stereocenters. The van der Waals surface area contributed by atoms with Gasteiger partial charge in [0, 0.05) is 13.5 Å². The first-order valence-electron chi connectivity index (χ1n) is 4.10. The van der Waals surface area contributed by atoms with Gasteiger partial charge in [-0.05, 0) is 6.92 Å². The summed E-state index contributed by atoms with van der Waals surface area (Å²) < 4.78 is 1.81. The molecule has 3 nitrogen and oxygen atoms in total. The number of nitrogens with zero attached hydrogens (tertiary/aromatic N) is 3. The fourth-order valence-corrected chi connectivity index (χ4v) is 0.864. The largest absolute Gasteiger partial charge is 0.253 e. The number of hydrogen-bond donors (Lipinski definition) is 0. The van der Waals surface area contributed by atoms with Crippen LogP contribution >= 0.6 is 0 Å². The molecule has 0 amide bonds. The van der Waals surface area contributed by atoms with Crippen molar-refractivity contribution >= 4 is 0 Å². The zero-order chi connectivity index (χ0) is 8.85. The molecule has 0 saturated heterocycles. The molecule has 0 aliphatic rings. The van der Waals surface area contributed by atoms with Gasteiger partial charge in [0.25, 0.3) is 0 Å². The first kappa shape index (κ1) is 10.1. The molecule has 0 saturated carbocycles. The number of rotatable bonds is 1. The zero-order valence-corrected chi connectivity index (χ0v) is 8.05. The van der Waals surface area contributed by atoms with Crippen LogP contribution < -0.4 is 0 Å². The van der Waals surface area contributed by atoms with Crippen LogP contribution in [0.4, 0.5) is 0 Å². The van der Waals surface area contributed by atoms with E-state index < -0.39 is 0 Å². The number of hydrogen-bond acceptors (Lipinski definition) is 2. The molecular weight excluding hydrogens is 138 g/mol. The third-order valence-corrected chi connectivity index (χ3v) is 1.28. The van der Waals surface area contributed by atoms with E-state index in [4.69, 9.17) is 0 Å². The van der Waals surface area contributed by atoms with Gasteiger partial charge in [-0.3, -0.25) is 4.68 Å². The lowest BCUT2D eigenvalue weighted by atomic mass is 10.5. The maximum Gasteiger partial charge on any atom is 0.147 e. The van der Waals surface area contributed by atoms with Gasteiger partial charge in [0.15, 0.2) is 0 Å². The molecule has 0 aliphatic carbocycles. The van der Waals surface area contributed by atoms with Gasteiger partial charge in [-0.1, -0.05) is 20.8 Å². The highest BCUT2D eigenvalue weighted by atomic mass is 15.3. The van der Waals surface area contributed by atoms with Crippen LogP contribution in [0, 0.1) is 6.92 Å². The molecule has 3 heteroatoms. The second kappa shape index (κ2) is 4.88. The van der Waals surface area contributed by atoms with Crippen molar-refractivity contribution in [2.75, 3.05) is 0 Å². The minimum atomic E-state index is 0.856. The molecule has 0 N–H and O–H groups in total. The zero-order valence-electron chi connectivity index (χ0n) is 8.05. The molecule has 0 spiro atoms. The Hall–Kier alpha value is -0.860. The Morgan fingerprint density at radius 1 is 1.36 bits per heavy atom. The summed E-state index contributed by atoms with van der Waals surface area (Å²) in [5.74, 6) is 1.90. The van der Waals surface area contributed by atoms with Crippen LogP contribution in [0.5, 0.6) is 0 Å². The van der Waals surface area contributed by atoms with Crippen molar-refractivity contribution in [2.24, 2.45) is 7.05 Å². The molecule has 11 heavy (non-hydrogen) atoms. The second-order valence-electron chi connectivity index (χ2n) is 2.05. The third-order valence-electron chi connectivity index (χ3n) is 1.28. The van der Waals surface area contributed by atoms with E-state index in [1.54, 1.807) is 0 Å². The van der Waals surface area contributed by atoms with Crippen molar-refractivity contribution in [2.45, 2.75) is 34.1 Å². The Morgan fingerprint density at radius 2 is 1.91 bits per heavy atom. The Labute approximate surface area is 68.5 Å². The van der Waals surface area contributed by atoms with E-state index in [2.05, 4.69) is 17.0 Å². The number of aromatic nitrogens is 3. The monoisotopic (exact) mass is 155 g/mol. The summed E-state index contributed by atoms with van der Waals surface area (Å²) >= 11 is 0. The van der Waals surface area contributed by atoms with Crippen LogP contribution in [-0.4, -0.2) is 14.8 Å². The van der Waals surface area contributed by atoms with Gasteiger partial charge in [-0.15, -0.1) is 0 Å². The van der Waals surface area contributed by atoms with Gasteiger partial charge < -0.3 is 0 Å². The lowest BCUT2D eigenvalue weighted by Gasteiger charge is -1.90. The van der Waals surface area contributed by atoms with E-state index in [1.165, 1.54) is 0 Å². The summed E-state index contributed by atoms with van der Waals surface area (Å²) in [7, 11) is 1.92. The molecule has 0 radical (unpaired) electrons. The molecule has 1 aromatic heterocycles. The van der Waals surface area contributed by atoms with Crippen molar-refractivity contribution in [3.8, 4) is 0 Å².